The fourth-order valence-corrected chi connectivity index (χ4v) is 3.20. The van der Waals surface area contributed by atoms with Crippen molar-refractivity contribution in [2.75, 3.05) is 12.8 Å². The standard InChI is InChI=1S/C14H15ClN2O3S/c1-17(9-10-4-2-3-5-12(10)15)21(19,20)11-6-7-14(18)13(16)8-11/h2-8,18H,9,16H2,1H3. The molecule has 0 fully saturated rings. The number of nitrogens with two attached hydrogens (primary N) is 1. The number of rotatable bonds is 4. The van der Waals surface area contributed by atoms with Crippen LogP contribution in [0.4, 0.5) is 5.69 Å². The number of sulfonamides is 1. The monoisotopic (exact) mass is 326 g/mol. The lowest BCUT2D eigenvalue weighted by molar-refractivity contribution is 0.465. The van der Waals surface area contributed by atoms with Gasteiger partial charge in [0.1, 0.15) is 5.75 Å². The van der Waals surface area contributed by atoms with Crippen LogP contribution in [0.1, 0.15) is 5.56 Å². The Morgan fingerprint density at radius 2 is 1.90 bits per heavy atom. The van der Waals surface area contributed by atoms with E-state index in [4.69, 9.17) is 17.3 Å². The van der Waals surface area contributed by atoms with Crippen LogP contribution in [0.25, 0.3) is 0 Å². The van der Waals surface area contributed by atoms with E-state index in [0.29, 0.717) is 10.6 Å². The summed E-state index contributed by atoms with van der Waals surface area (Å²) < 4.78 is 26.1. The second-order valence-electron chi connectivity index (χ2n) is 4.57. The zero-order chi connectivity index (χ0) is 15.6. The molecule has 21 heavy (non-hydrogen) atoms. The van der Waals surface area contributed by atoms with Crippen LogP contribution in [-0.2, 0) is 16.6 Å². The molecule has 112 valence electrons. The van der Waals surface area contributed by atoms with Crippen LogP contribution in [0.15, 0.2) is 47.4 Å². The number of phenolic OH excluding ortho intramolecular Hbond substituents is 1. The maximum Gasteiger partial charge on any atom is 0.243 e. The van der Waals surface area contributed by atoms with Gasteiger partial charge < -0.3 is 10.8 Å². The van der Waals surface area contributed by atoms with E-state index in [9.17, 15) is 13.5 Å². The number of phenols is 1. The highest BCUT2D eigenvalue weighted by Gasteiger charge is 2.22. The van der Waals surface area contributed by atoms with Gasteiger partial charge in [0.15, 0.2) is 0 Å². The molecular weight excluding hydrogens is 312 g/mol. The van der Waals surface area contributed by atoms with E-state index in [1.54, 1.807) is 24.3 Å². The molecule has 0 amide bonds. The lowest BCUT2D eigenvalue weighted by Crippen LogP contribution is -2.26. The minimum absolute atomic E-state index is 0.0159. The molecular formula is C14H15ClN2O3S. The van der Waals surface area contributed by atoms with E-state index < -0.39 is 10.0 Å². The van der Waals surface area contributed by atoms with Crippen LogP contribution < -0.4 is 5.73 Å². The van der Waals surface area contributed by atoms with Gasteiger partial charge in [0.05, 0.1) is 10.6 Å². The minimum atomic E-state index is -3.71. The first kappa shape index (κ1) is 15.6. The highest BCUT2D eigenvalue weighted by molar-refractivity contribution is 7.89. The summed E-state index contributed by atoms with van der Waals surface area (Å²) in [5.41, 5.74) is 6.26. The van der Waals surface area contributed by atoms with E-state index in [1.807, 2.05) is 0 Å². The van der Waals surface area contributed by atoms with Gasteiger partial charge in [0.25, 0.3) is 0 Å². The molecule has 2 aromatic carbocycles. The van der Waals surface area contributed by atoms with Crippen molar-refractivity contribution in [1.82, 2.24) is 4.31 Å². The lowest BCUT2D eigenvalue weighted by Gasteiger charge is -2.18. The van der Waals surface area contributed by atoms with Crippen molar-refractivity contribution in [2.45, 2.75) is 11.4 Å². The quantitative estimate of drug-likeness (QED) is 0.667. The van der Waals surface area contributed by atoms with Crippen LogP contribution in [0, 0.1) is 0 Å². The van der Waals surface area contributed by atoms with Crippen molar-refractivity contribution in [1.29, 1.82) is 0 Å². The molecule has 0 unspecified atom stereocenters. The predicted octanol–water partition coefficient (Wildman–Crippen LogP) is 2.45. The van der Waals surface area contributed by atoms with Gasteiger partial charge in [0.2, 0.25) is 10.0 Å². The summed E-state index contributed by atoms with van der Waals surface area (Å²) in [4.78, 5) is 0.0207. The molecule has 0 saturated carbocycles. The van der Waals surface area contributed by atoms with Crippen molar-refractivity contribution in [3.05, 3.63) is 53.1 Å². The number of nitrogens with zero attached hydrogens (tertiary/aromatic N) is 1. The molecule has 3 N–H and O–H groups in total. The highest BCUT2D eigenvalue weighted by Crippen LogP contribution is 2.26. The van der Waals surface area contributed by atoms with E-state index >= 15 is 0 Å². The number of anilines is 1. The lowest BCUT2D eigenvalue weighted by atomic mass is 10.2. The Morgan fingerprint density at radius 1 is 1.24 bits per heavy atom. The van der Waals surface area contributed by atoms with Gasteiger partial charge in [-0.25, -0.2) is 8.42 Å². The molecule has 7 heteroatoms. The average Bonchev–Trinajstić information content (AvgIpc) is 2.44. The second kappa shape index (κ2) is 5.93. The first-order valence-corrected chi connectivity index (χ1v) is 7.92. The first-order chi connectivity index (χ1) is 9.82. The Balaban J connectivity index is 2.30. The number of benzene rings is 2. The summed E-state index contributed by atoms with van der Waals surface area (Å²) >= 11 is 6.04. The summed E-state index contributed by atoms with van der Waals surface area (Å²) in [5, 5.41) is 9.87. The Kier molecular flexibility index (Phi) is 4.41. The van der Waals surface area contributed by atoms with Gasteiger partial charge in [-0.3, -0.25) is 0 Å². The molecule has 0 heterocycles. The predicted molar refractivity (Wildman–Crippen MR) is 82.6 cm³/mol. The summed E-state index contributed by atoms with van der Waals surface area (Å²) in [5.74, 6) is -0.150. The molecule has 0 aliphatic carbocycles. The van der Waals surface area contributed by atoms with Crippen molar-refractivity contribution >= 4 is 27.3 Å². The smallest absolute Gasteiger partial charge is 0.243 e. The van der Waals surface area contributed by atoms with Gasteiger partial charge in [-0.05, 0) is 29.8 Å². The van der Waals surface area contributed by atoms with E-state index in [2.05, 4.69) is 0 Å². The maximum absolute atomic E-state index is 12.5. The number of nitrogen functional groups attached to an aromatic ring is 1. The third-order valence-corrected chi connectivity index (χ3v) is 5.23. The van der Waals surface area contributed by atoms with Crippen molar-refractivity contribution in [2.24, 2.45) is 0 Å². The number of halogens is 1. The fraction of sp³-hybridized carbons (Fsp3) is 0.143. The van der Waals surface area contributed by atoms with Crippen molar-refractivity contribution < 1.29 is 13.5 Å². The number of hydrogen-bond acceptors (Lipinski definition) is 4. The Bertz CT molecular complexity index is 763. The molecule has 0 bridgehead atoms. The molecule has 0 aliphatic rings. The Hall–Kier alpha value is -1.76. The molecule has 0 spiro atoms. The second-order valence-corrected chi connectivity index (χ2v) is 7.03. The third-order valence-electron chi connectivity index (χ3n) is 3.06. The van der Waals surface area contributed by atoms with Gasteiger partial charge in [0, 0.05) is 18.6 Å². The van der Waals surface area contributed by atoms with Crippen LogP contribution >= 0.6 is 11.6 Å². The van der Waals surface area contributed by atoms with Gasteiger partial charge in [-0.1, -0.05) is 29.8 Å². The fourth-order valence-electron chi connectivity index (χ4n) is 1.82. The SMILES string of the molecule is CN(Cc1ccccc1Cl)S(=O)(=O)c1ccc(O)c(N)c1. The molecule has 2 aromatic rings. The summed E-state index contributed by atoms with van der Waals surface area (Å²) in [6.45, 7) is 0.142. The minimum Gasteiger partial charge on any atom is -0.506 e. The van der Waals surface area contributed by atoms with Crippen LogP contribution in [0.2, 0.25) is 5.02 Å². The van der Waals surface area contributed by atoms with Gasteiger partial charge >= 0.3 is 0 Å². The van der Waals surface area contributed by atoms with E-state index in [0.717, 1.165) is 0 Å². The largest absolute Gasteiger partial charge is 0.506 e. The summed E-state index contributed by atoms with van der Waals surface area (Å²) in [7, 11) is -2.25. The summed E-state index contributed by atoms with van der Waals surface area (Å²) in [6.07, 6.45) is 0. The molecule has 0 aromatic heterocycles. The molecule has 0 saturated heterocycles. The number of hydrogen-bond donors (Lipinski definition) is 2. The molecule has 0 aliphatic heterocycles. The normalized spacial score (nSPS) is 11.8. The Morgan fingerprint density at radius 3 is 2.52 bits per heavy atom. The zero-order valence-electron chi connectivity index (χ0n) is 11.3. The topological polar surface area (TPSA) is 83.6 Å². The first-order valence-electron chi connectivity index (χ1n) is 6.10. The maximum atomic E-state index is 12.5. The molecule has 5 nitrogen and oxygen atoms in total. The zero-order valence-corrected chi connectivity index (χ0v) is 12.9. The highest BCUT2D eigenvalue weighted by atomic mass is 35.5. The molecule has 0 radical (unpaired) electrons. The van der Waals surface area contributed by atoms with Crippen molar-refractivity contribution in [3.8, 4) is 5.75 Å². The average molecular weight is 327 g/mol. The van der Waals surface area contributed by atoms with Crippen LogP contribution in [0.5, 0.6) is 5.75 Å². The number of aromatic hydroxyl groups is 1. The molecule has 0 atom stereocenters. The van der Waals surface area contributed by atoms with Crippen LogP contribution in [-0.4, -0.2) is 24.9 Å². The van der Waals surface area contributed by atoms with E-state index in [-0.39, 0.29) is 22.9 Å². The third kappa shape index (κ3) is 3.29. The van der Waals surface area contributed by atoms with Crippen LogP contribution in [0.3, 0.4) is 0 Å². The molecule has 2 rings (SSSR count). The summed E-state index contributed by atoms with van der Waals surface area (Å²) in [6, 6.07) is 10.8. The van der Waals surface area contributed by atoms with Gasteiger partial charge in [-0.15, -0.1) is 0 Å². The Labute approximate surface area is 128 Å². The van der Waals surface area contributed by atoms with E-state index in [1.165, 1.54) is 29.6 Å². The van der Waals surface area contributed by atoms with Crippen molar-refractivity contribution in [3.63, 3.8) is 0 Å². The van der Waals surface area contributed by atoms with Gasteiger partial charge in [-0.2, -0.15) is 4.31 Å².